The molecule has 0 radical (unpaired) electrons. The fraction of sp³-hybridized carbons (Fsp3) is 0.125. The molecule has 1 aromatic heterocycles. The molecule has 0 amide bonds. The number of pyridine rings is 1. The first-order valence-electron chi connectivity index (χ1n) is 3.84. The molecule has 8 heteroatoms. The van der Waals surface area contributed by atoms with Crippen molar-refractivity contribution in [2.75, 3.05) is 0 Å². The third-order valence-corrected chi connectivity index (χ3v) is 1.69. The van der Waals surface area contributed by atoms with E-state index in [1.807, 2.05) is 0 Å². The maximum atomic E-state index is 12.5. The molecule has 0 fully saturated rings. The summed E-state index contributed by atoms with van der Waals surface area (Å²) < 4.78 is 24.9. The van der Waals surface area contributed by atoms with Crippen LogP contribution in [0, 0.1) is 21.4 Å². The lowest BCUT2D eigenvalue weighted by Gasteiger charge is -2.03. The van der Waals surface area contributed by atoms with Crippen LogP contribution in [0.4, 0.5) is 14.5 Å². The molecule has 0 saturated carbocycles. The lowest BCUT2D eigenvalue weighted by Crippen LogP contribution is -2.04. The number of aldehydes is 1. The SMILES string of the molecule is N#Cc1cc(C(F)F)c([N+](=O)[O-])c(C=O)n1. The number of halogens is 2. The zero-order chi connectivity index (χ0) is 12.3. The van der Waals surface area contributed by atoms with Crippen molar-refractivity contribution < 1.29 is 18.5 Å². The second-order valence-electron chi connectivity index (χ2n) is 2.62. The first-order valence-corrected chi connectivity index (χ1v) is 3.84. The second-order valence-corrected chi connectivity index (χ2v) is 2.62. The van der Waals surface area contributed by atoms with Gasteiger partial charge in [0, 0.05) is 0 Å². The lowest BCUT2D eigenvalue weighted by molar-refractivity contribution is -0.386. The minimum absolute atomic E-state index is 0.0369. The number of carbonyl (C=O) groups is 1. The highest BCUT2D eigenvalue weighted by atomic mass is 19.3. The maximum absolute atomic E-state index is 12.5. The van der Waals surface area contributed by atoms with Crippen LogP contribution in [0.15, 0.2) is 6.07 Å². The Labute approximate surface area is 87.3 Å². The molecule has 0 aliphatic heterocycles. The summed E-state index contributed by atoms with van der Waals surface area (Å²) in [6.45, 7) is 0. The predicted octanol–water partition coefficient (Wildman–Crippen LogP) is 1.61. The minimum atomic E-state index is -3.16. The number of nitrogens with zero attached hydrogens (tertiary/aromatic N) is 3. The smallest absolute Gasteiger partial charge is 0.296 e. The fourth-order valence-electron chi connectivity index (χ4n) is 1.08. The summed E-state index contributed by atoms with van der Waals surface area (Å²) >= 11 is 0. The van der Waals surface area contributed by atoms with Crippen LogP contribution in [0.5, 0.6) is 0 Å². The predicted molar refractivity (Wildman–Crippen MR) is 46.0 cm³/mol. The van der Waals surface area contributed by atoms with Gasteiger partial charge in [0.25, 0.3) is 6.43 Å². The van der Waals surface area contributed by atoms with Crippen molar-refractivity contribution in [1.29, 1.82) is 5.26 Å². The standard InChI is InChI=1S/C8H3F2N3O3/c9-8(10)5-1-4(2-11)12-6(3-14)7(5)13(15)16/h1,3,8H. The first kappa shape index (κ1) is 11.6. The minimum Gasteiger partial charge on any atom is -0.296 e. The second kappa shape index (κ2) is 4.39. The molecular formula is C8H3F2N3O3. The van der Waals surface area contributed by atoms with Gasteiger partial charge in [0.1, 0.15) is 17.3 Å². The van der Waals surface area contributed by atoms with E-state index in [0.29, 0.717) is 6.07 Å². The topological polar surface area (TPSA) is 96.9 Å². The number of carbonyl (C=O) groups excluding carboxylic acids is 1. The molecule has 1 heterocycles. The molecule has 1 rings (SSSR count). The van der Waals surface area contributed by atoms with E-state index in [2.05, 4.69) is 4.98 Å². The van der Waals surface area contributed by atoms with Gasteiger partial charge < -0.3 is 0 Å². The molecule has 0 aliphatic carbocycles. The highest BCUT2D eigenvalue weighted by Gasteiger charge is 2.27. The van der Waals surface area contributed by atoms with Gasteiger partial charge in [-0.2, -0.15) is 5.26 Å². The average molecular weight is 227 g/mol. The molecule has 0 bridgehead atoms. The number of hydrogen-bond donors (Lipinski definition) is 0. The summed E-state index contributed by atoms with van der Waals surface area (Å²) in [6.07, 6.45) is -3.20. The Kier molecular flexibility index (Phi) is 3.20. The summed E-state index contributed by atoms with van der Waals surface area (Å²) in [5, 5.41) is 18.9. The highest BCUT2D eigenvalue weighted by Crippen LogP contribution is 2.30. The van der Waals surface area contributed by atoms with E-state index in [1.54, 1.807) is 0 Å². The van der Waals surface area contributed by atoms with Crippen molar-refractivity contribution in [2.45, 2.75) is 6.43 Å². The van der Waals surface area contributed by atoms with Crippen LogP contribution < -0.4 is 0 Å². The molecular weight excluding hydrogens is 224 g/mol. The number of hydrogen-bond acceptors (Lipinski definition) is 5. The monoisotopic (exact) mass is 227 g/mol. The molecule has 0 N–H and O–H groups in total. The molecule has 82 valence electrons. The summed E-state index contributed by atoms with van der Waals surface area (Å²) in [6, 6.07) is 2.03. The highest BCUT2D eigenvalue weighted by molar-refractivity contribution is 5.80. The Morgan fingerprint density at radius 1 is 1.62 bits per heavy atom. The lowest BCUT2D eigenvalue weighted by atomic mass is 10.1. The van der Waals surface area contributed by atoms with E-state index < -0.39 is 34.0 Å². The number of nitriles is 1. The molecule has 0 aromatic carbocycles. The first-order chi connectivity index (χ1) is 7.51. The van der Waals surface area contributed by atoms with Crippen LogP contribution in [-0.2, 0) is 0 Å². The third-order valence-electron chi connectivity index (χ3n) is 1.69. The van der Waals surface area contributed by atoms with Gasteiger partial charge in [0.2, 0.25) is 0 Å². The van der Waals surface area contributed by atoms with E-state index in [0.717, 1.165) is 0 Å². The Morgan fingerprint density at radius 2 is 2.25 bits per heavy atom. The molecule has 1 aromatic rings. The molecule has 0 saturated heterocycles. The molecule has 16 heavy (non-hydrogen) atoms. The van der Waals surface area contributed by atoms with Gasteiger partial charge in [-0.1, -0.05) is 0 Å². The van der Waals surface area contributed by atoms with Gasteiger partial charge in [0.15, 0.2) is 12.0 Å². The summed E-state index contributed by atoms with van der Waals surface area (Å²) in [5.74, 6) is 0. The van der Waals surface area contributed by atoms with Crippen LogP contribution in [-0.4, -0.2) is 16.2 Å². The largest absolute Gasteiger partial charge is 0.307 e. The molecule has 0 spiro atoms. The average Bonchev–Trinajstić information content (AvgIpc) is 2.26. The Balaban J connectivity index is 3.61. The van der Waals surface area contributed by atoms with E-state index in [1.165, 1.54) is 6.07 Å². The summed E-state index contributed by atoms with van der Waals surface area (Å²) in [7, 11) is 0. The van der Waals surface area contributed by atoms with Crippen LogP contribution in [0.1, 0.15) is 28.2 Å². The number of alkyl halides is 2. The zero-order valence-corrected chi connectivity index (χ0v) is 7.55. The van der Waals surface area contributed by atoms with E-state index in [-0.39, 0.29) is 6.29 Å². The summed E-state index contributed by atoms with van der Waals surface area (Å²) in [5.41, 5.74) is -3.30. The van der Waals surface area contributed by atoms with Gasteiger partial charge in [-0.05, 0) is 6.07 Å². The van der Waals surface area contributed by atoms with Crippen molar-refractivity contribution in [3.8, 4) is 6.07 Å². The van der Waals surface area contributed by atoms with E-state index >= 15 is 0 Å². The molecule has 0 unspecified atom stereocenters. The van der Waals surface area contributed by atoms with Crippen molar-refractivity contribution in [2.24, 2.45) is 0 Å². The molecule has 0 aliphatic rings. The number of rotatable bonds is 3. The van der Waals surface area contributed by atoms with Crippen molar-refractivity contribution >= 4 is 12.0 Å². The maximum Gasteiger partial charge on any atom is 0.307 e. The fourth-order valence-corrected chi connectivity index (χ4v) is 1.08. The van der Waals surface area contributed by atoms with Crippen molar-refractivity contribution in [3.05, 3.63) is 33.1 Å². The van der Waals surface area contributed by atoms with Crippen LogP contribution in [0.2, 0.25) is 0 Å². The van der Waals surface area contributed by atoms with E-state index in [4.69, 9.17) is 5.26 Å². The number of nitro groups is 1. The summed E-state index contributed by atoms with van der Waals surface area (Å²) in [4.78, 5) is 23.1. The van der Waals surface area contributed by atoms with Crippen LogP contribution in [0.3, 0.4) is 0 Å². The Morgan fingerprint density at radius 3 is 2.62 bits per heavy atom. The third kappa shape index (κ3) is 1.98. The Bertz CT molecular complexity index is 496. The zero-order valence-electron chi connectivity index (χ0n) is 7.55. The van der Waals surface area contributed by atoms with E-state index in [9.17, 15) is 23.7 Å². The van der Waals surface area contributed by atoms with Gasteiger partial charge in [-0.3, -0.25) is 14.9 Å². The van der Waals surface area contributed by atoms with Gasteiger partial charge in [0.05, 0.1) is 4.92 Å². The Hall–Kier alpha value is -2.43. The van der Waals surface area contributed by atoms with Crippen molar-refractivity contribution in [1.82, 2.24) is 4.98 Å². The van der Waals surface area contributed by atoms with Crippen LogP contribution in [0.25, 0.3) is 0 Å². The van der Waals surface area contributed by atoms with Gasteiger partial charge in [-0.25, -0.2) is 13.8 Å². The molecule has 6 nitrogen and oxygen atoms in total. The quantitative estimate of drug-likeness (QED) is 0.443. The van der Waals surface area contributed by atoms with Crippen LogP contribution >= 0.6 is 0 Å². The van der Waals surface area contributed by atoms with Gasteiger partial charge >= 0.3 is 5.69 Å². The van der Waals surface area contributed by atoms with Gasteiger partial charge in [-0.15, -0.1) is 0 Å². The number of aromatic nitrogens is 1. The normalized spacial score (nSPS) is 9.88. The molecule has 0 atom stereocenters. The van der Waals surface area contributed by atoms with Crippen molar-refractivity contribution in [3.63, 3.8) is 0 Å².